The van der Waals surface area contributed by atoms with E-state index >= 15 is 4.39 Å². The number of anilines is 2. The first-order valence-corrected chi connectivity index (χ1v) is 10.7. The lowest BCUT2D eigenvalue weighted by Gasteiger charge is -2.20. The summed E-state index contributed by atoms with van der Waals surface area (Å²) in [5.41, 5.74) is 1.60. The van der Waals surface area contributed by atoms with Gasteiger partial charge in [0.25, 0.3) is 0 Å². The Kier molecular flexibility index (Phi) is 5.17. The summed E-state index contributed by atoms with van der Waals surface area (Å²) < 4.78 is 30.0. The Morgan fingerprint density at radius 1 is 1.36 bits per heavy atom. The molecule has 1 aliphatic carbocycles. The second kappa shape index (κ2) is 7.92. The molecule has 9 nitrogen and oxygen atoms in total. The van der Waals surface area contributed by atoms with Crippen LogP contribution < -0.4 is 10.6 Å². The summed E-state index contributed by atoms with van der Waals surface area (Å²) in [4.78, 5) is 20.6. The molecular formula is C21H20ClF2N7O2. The van der Waals surface area contributed by atoms with E-state index in [1.54, 1.807) is 30.6 Å². The number of hydrogen-bond donors (Lipinski definition) is 4. The quantitative estimate of drug-likeness (QED) is 0.338. The Balaban J connectivity index is 1.54. The van der Waals surface area contributed by atoms with E-state index in [4.69, 9.17) is 11.6 Å². The van der Waals surface area contributed by atoms with Crippen LogP contribution in [0.2, 0.25) is 5.02 Å². The number of imidazole rings is 1. The van der Waals surface area contributed by atoms with Crippen molar-refractivity contribution in [1.82, 2.24) is 24.6 Å². The van der Waals surface area contributed by atoms with Crippen LogP contribution >= 0.6 is 11.6 Å². The van der Waals surface area contributed by atoms with E-state index in [9.17, 15) is 14.3 Å². The third-order valence-corrected chi connectivity index (χ3v) is 6.14. The standard InChI is InChI=1S/C21H20ClF2N7O2/c1-8(9(2)32)27-20-18(24)17(22)16(11-4-26-30-19(11)20)13-6-31-7-14(28-15(31)5-25-13)29-21(33)10-3-12(10)23/h4-10,12,27,32H,3H2,1-2H3,(H,26,30)(H,29,33). The zero-order valence-electron chi connectivity index (χ0n) is 17.6. The number of rotatable bonds is 6. The molecule has 1 aromatic carbocycles. The molecule has 1 saturated carbocycles. The number of aliphatic hydroxyl groups is 1. The van der Waals surface area contributed by atoms with Gasteiger partial charge in [0.05, 0.1) is 52.5 Å². The van der Waals surface area contributed by atoms with Gasteiger partial charge in [0.1, 0.15) is 6.17 Å². The van der Waals surface area contributed by atoms with Gasteiger partial charge in [0.15, 0.2) is 17.3 Å². The average molecular weight is 476 g/mol. The number of benzene rings is 1. The van der Waals surface area contributed by atoms with E-state index in [0.717, 1.165) is 0 Å². The van der Waals surface area contributed by atoms with Crippen LogP contribution in [0.4, 0.5) is 20.3 Å². The van der Waals surface area contributed by atoms with Gasteiger partial charge in [0, 0.05) is 23.2 Å². The molecule has 3 heterocycles. The maximum absolute atomic E-state index is 15.3. The largest absolute Gasteiger partial charge is 0.391 e. The molecule has 4 unspecified atom stereocenters. The Bertz CT molecular complexity index is 1390. The van der Waals surface area contributed by atoms with Crippen molar-refractivity contribution in [2.75, 3.05) is 10.6 Å². The molecule has 12 heteroatoms. The SMILES string of the molecule is CC(O)C(C)Nc1c(F)c(Cl)c(-c2cn3cc(NC(=O)C4CC4F)nc3cn2)c2cn[nH]c12. The predicted molar refractivity (Wildman–Crippen MR) is 119 cm³/mol. The fourth-order valence-corrected chi connectivity index (χ4v) is 3.88. The zero-order chi connectivity index (χ0) is 23.4. The number of halogens is 3. The summed E-state index contributed by atoms with van der Waals surface area (Å²) in [6.45, 7) is 3.31. The third kappa shape index (κ3) is 3.76. The minimum atomic E-state index is -1.11. The molecule has 0 spiro atoms. The summed E-state index contributed by atoms with van der Waals surface area (Å²) in [6, 6.07) is -0.440. The van der Waals surface area contributed by atoms with Crippen molar-refractivity contribution in [3.8, 4) is 11.3 Å². The summed E-state index contributed by atoms with van der Waals surface area (Å²) in [5, 5.41) is 22.5. The molecule has 1 aliphatic rings. The van der Waals surface area contributed by atoms with Gasteiger partial charge in [-0.3, -0.25) is 14.9 Å². The molecule has 4 N–H and O–H groups in total. The number of aliphatic hydroxyl groups excluding tert-OH is 1. The lowest BCUT2D eigenvalue weighted by molar-refractivity contribution is -0.117. The van der Waals surface area contributed by atoms with Crippen molar-refractivity contribution in [3.63, 3.8) is 0 Å². The van der Waals surface area contributed by atoms with Gasteiger partial charge in [-0.2, -0.15) is 5.10 Å². The monoisotopic (exact) mass is 475 g/mol. The first-order valence-electron chi connectivity index (χ1n) is 10.3. The number of nitrogens with one attached hydrogen (secondary N) is 3. The van der Waals surface area contributed by atoms with Crippen LogP contribution in [0.15, 0.2) is 24.8 Å². The van der Waals surface area contributed by atoms with Gasteiger partial charge >= 0.3 is 0 Å². The number of aromatic amines is 1. The first-order chi connectivity index (χ1) is 15.7. The highest BCUT2D eigenvalue weighted by Crippen LogP contribution is 2.41. The van der Waals surface area contributed by atoms with Crippen molar-refractivity contribution in [1.29, 1.82) is 0 Å². The molecule has 0 bridgehead atoms. The molecule has 4 atom stereocenters. The molecule has 0 aliphatic heterocycles. The van der Waals surface area contributed by atoms with E-state index in [-0.39, 0.29) is 22.9 Å². The summed E-state index contributed by atoms with van der Waals surface area (Å²) in [5.74, 6) is -1.50. The molecule has 4 aromatic rings. The lowest BCUT2D eigenvalue weighted by Crippen LogP contribution is -2.28. The topological polar surface area (TPSA) is 120 Å². The molecule has 1 fully saturated rings. The smallest absolute Gasteiger partial charge is 0.231 e. The van der Waals surface area contributed by atoms with Gasteiger partial charge in [-0.05, 0) is 20.3 Å². The van der Waals surface area contributed by atoms with Crippen LogP contribution in [0.25, 0.3) is 27.8 Å². The normalized spacial score (nSPS) is 19.6. The predicted octanol–water partition coefficient (Wildman–Crippen LogP) is 3.54. The number of amides is 1. The highest BCUT2D eigenvalue weighted by Gasteiger charge is 2.43. The Morgan fingerprint density at radius 2 is 2.12 bits per heavy atom. The number of carbonyl (C=O) groups excluding carboxylic acids is 1. The second-order valence-corrected chi connectivity index (χ2v) is 8.60. The third-order valence-electron chi connectivity index (χ3n) is 5.78. The fourth-order valence-electron chi connectivity index (χ4n) is 3.59. The lowest BCUT2D eigenvalue weighted by atomic mass is 10.0. The van der Waals surface area contributed by atoms with Crippen molar-refractivity contribution < 1.29 is 18.7 Å². The fraction of sp³-hybridized carbons (Fsp3) is 0.333. The minimum Gasteiger partial charge on any atom is -0.391 e. The van der Waals surface area contributed by atoms with Gasteiger partial charge in [-0.15, -0.1) is 0 Å². The van der Waals surface area contributed by atoms with Crippen LogP contribution in [0.1, 0.15) is 20.3 Å². The Labute approximate surface area is 191 Å². The van der Waals surface area contributed by atoms with E-state index in [1.165, 1.54) is 12.4 Å². The average Bonchev–Trinajstić information content (AvgIpc) is 3.15. The molecule has 0 saturated heterocycles. The number of carbonyl (C=O) groups is 1. The van der Waals surface area contributed by atoms with Gasteiger partial charge < -0.3 is 20.1 Å². The maximum atomic E-state index is 15.3. The molecule has 172 valence electrons. The van der Waals surface area contributed by atoms with Crippen LogP contribution in [0.5, 0.6) is 0 Å². The van der Waals surface area contributed by atoms with Crippen molar-refractivity contribution in [3.05, 3.63) is 35.6 Å². The molecular weight excluding hydrogens is 456 g/mol. The van der Waals surface area contributed by atoms with Crippen molar-refractivity contribution >= 4 is 45.6 Å². The van der Waals surface area contributed by atoms with Gasteiger partial charge in [-0.1, -0.05) is 11.6 Å². The molecule has 0 radical (unpaired) electrons. The van der Waals surface area contributed by atoms with Gasteiger partial charge in [0.2, 0.25) is 5.91 Å². The van der Waals surface area contributed by atoms with Crippen molar-refractivity contribution in [2.45, 2.75) is 38.6 Å². The summed E-state index contributed by atoms with van der Waals surface area (Å²) >= 11 is 6.44. The number of hydrogen-bond acceptors (Lipinski definition) is 6. The highest BCUT2D eigenvalue weighted by atomic mass is 35.5. The van der Waals surface area contributed by atoms with E-state index in [2.05, 4.69) is 30.8 Å². The summed E-state index contributed by atoms with van der Waals surface area (Å²) in [6.07, 6.45) is 4.53. The number of nitrogens with zero attached hydrogens (tertiary/aromatic N) is 4. The first kappa shape index (κ1) is 21.5. The van der Waals surface area contributed by atoms with E-state index < -0.39 is 36.0 Å². The molecule has 5 rings (SSSR count). The number of alkyl halides is 1. The minimum absolute atomic E-state index is 0.101. The number of fused-ring (bicyclic) bond motifs is 2. The van der Waals surface area contributed by atoms with Crippen LogP contribution in [-0.2, 0) is 4.79 Å². The Hall–Kier alpha value is -3.31. The van der Waals surface area contributed by atoms with E-state index in [0.29, 0.717) is 27.8 Å². The van der Waals surface area contributed by atoms with Crippen molar-refractivity contribution in [2.24, 2.45) is 5.92 Å². The maximum Gasteiger partial charge on any atom is 0.231 e. The summed E-state index contributed by atoms with van der Waals surface area (Å²) in [7, 11) is 0. The molecule has 3 aromatic heterocycles. The van der Waals surface area contributed by atoms with Crippen LogP contribution in [-0.4, -0.2) is 53.9 Å². The van der Waals surface area contributed by atoms with Gasteiger partial charge in [-0.25, -0.2) is 13.8 Å². The number of H-pyrrole nitrogens is 1. The number of aromatic nitrogens is 5. The zero-order valence-corrected chi connectivity index (χ0v) is 18.4. The Morgan fingerprint density at radius 3 is 2.82 bits per heavy atom. The van der Waals surface area contributed by atoms with E-state index in [1.807, 2.05) is 0 Å². The van der Waals surface area contributed by atoms with Crippen LogP contribution in [0.3, 0.4) is 0 Å². The second-order valence-electron chi connectivity index (χ2n) is 8.22. The van der Waals surface area contributed by atoms with Crippen LogP contribution in [0, 0.1) is 11.7 Å². The molecule has 1 amide bonds. The highest BCUT2D eigenvalue weighted by molar-refractivity contribution is 6.35. The molecule has 33 heavy (non-hydrogen) atoms.